The quantitative estimate of drug-likeness (QED) is 0.539. The number of carbonyl (C=O) groups excluding carboxylic acids is 3. The molecule has 158 valence electrons. The normalized spacial score (nSPS) is 15.6. The van der Waals surface area contributed by atoms with Crippen LogP contribution in [-0.4, -0.2) is 28.8 Å². The molecule has 0 aliphatic carbocycles. The van der Waals surface area contributed by atoms with E-state index in [9.17, 15) is 14.4 Å². The standard InChI is InChI=1S/C23H21N3O5/c27-21(24-16-8-10-18(11-9-16)31-17-5-2-1-3-6-17)13-12-20-22(28)26(23(29)25-20)15-19-7-4-14-30-19/h1-11,14,20H,12-13,15H2,(H,24,27)(H,25,29)/t20-/m1/s1. The van der Waals surface area contributed by atoms with Gasteiger partial charge in [-0.15, -0.1) is 0 Å². The number of rotatable bonds is 8. The highest BCUT2D eigenvalue weighted by molar-refractivity contribution is 6.04. The third kappa shape index (κ3) is 5.11. The second-order valence-corrected chi connectivity index (χ2v) is 7.03. The molecular formula is C23H21N3O5. The van der Waals surface area contributed by atoms with Crippen LogP contribution in [-0.2, 0) is 16.1 Å². The lowest BCUT2D eigenvalue weighted by molar-refractivity contribution is -0.128. The molecule has 3 aromatic rings. The third-order valence-electron chi connectivity index (χ3n) is 4.78. The van der Waals surface area contributed by atoms with Gasteiger partial charge in [0.2, 0.25) is 5.91 Å². The average molecular weight is 419 g/mol. The van der Waals surface area contributed by atoms with Crippen molar-refractivity contribution in [1.82, 2.24) is 10.2 Å². The van der Waals surface area contributed by atoms with Crippen LogP contribution in [0.3, 0.4) is 0 Å². The third-order valence-corrected chi connectivity index (χ3v) is 4.78. The van der Waals surface area contributed by atoms with Gasteiger partial charge in [0, 0.05) is 12.1 Å². The fraction of sp³-hybridized carbons (Fsp3) is 0.174. The number of ether oxygens (including phenoxy) is 1. The fourth-order valence-corrected chi connectivity index (χ4v) is 3.21. The average Bonchev–Trinajstić information content (AvgIpc) is 3.38. The van der Waals surface area contributed by atoms with Gasteiger partial charge >= 0.3 is 6.03 Å². The van der Waals surface area contributed by atoms with Gasteiger partial charge in [-0.1, -0.05) is 18.2 Å². The van der Waals surface area contributed by atoms with E-state index >= 15 is 0 Å². The molecule has 1 saturated heterocycles. The van der Waals surface area contributed by atoms with Crippen LogP contribution in [0.1, 0.15) is 18.6 Å². The van der Waals surface area contributed by atoms with Crippen LogP contribution in [0, 0.1) is 0 Å². The van der Waals surface area contributed by atoms with Crippen LogP contribution in [0.2, 0.25) is 0 Å². The Hall–Kier alpha value is -4.07. The molecule has 2 N–H and O–H groups in total. The first-order chi connectivity index (χ1) is 15.1. The molecular weight excluding hydrogens is 398 g/mol. The number of nitrogens with one attached hydrogen (secondary N) is 2. The first-order valence-corrected chi connectivity index (χ1v) is 9.85. The van der Waals surface area contributed by atoms with E-state index in [0.29, 0.717) is 17.2 Å². The molecule has 0 bridgehead atoms. The highest BCUT2D eigenvalue weighted by atomic mass is 16.5. The van der Waals surface area contributed by atoms with Gasteiger partial charge in [-0.25, -0.2) is 4.79 Å². The minimum Gasteiger partial charge on any atom is -0.467 e. The molecule has 1 aromatic heterocycles. The Morgan fingerprint density at radius 1 is 1.00 bits per heavy atom. The van der Waals surface area contributed by atoms with Gasteiger partial charge < -0.3 is 19.8 Å². The summed E-state index contributed by atoms with van der Waals surface area (Å²) in [5.74, 6) is 1.28. The predicted octanol–water partition coefficient (Wildman–Crippen LogP) is 3.91. The molecule has 8 heteroatoms. The van der Waals surface area contributed by atoms with Gasteiger partial charge in [0.1, 0.15) is 23.3 Å². The summed E-state index contributed by atoms with van der Waals surface area (Å²) < 4.78 is 10.9. The minimum absolute atomic E-state index is 0.0672. The molecule has 2 heterocycles. The van der Waals surface area contributed by atoms with Crippen LogP contribution in [0.25, 0.3) is 0 Å². The Morgan fingerprint density at radius 3 is 2.45 bits per heavy atom. The van der Waals surface area contributed by atoms with Crippen molar-refractivity contribution in [3.8, 4) is 11.5 Å². The highest BCUT2D eigenvalue weighted by Gasteiger charge is 2.38. The van der Waals surface area contributed by atoms with Gasteiger partial charge in [-0.3, -0.25) is 14.5 Å². The van der Waals surface area contributed by atoms with Crippen molar-refractivity contribution < 1.29 is 23.5 Å². The van der Waals surface area contributed by atoms with Crippen LogP contribution in [0.5, 0.6) is 11.5 Å². The number of hydrogen-bond donors (Lipinski definition) is 2. The summed E-state index contributed by atoms with van der Waals surface area (Å²) in [7, 11) is 0. The Labute approximate surface area is 178 Å². The molecule has 4 amide bonds. The van der Waals surface area contributed by atoms with E-state index in [4.69, 9.17) is 9.15 Å². The predicted molar refractivity (Wildman–Crippen MR) is 112 cm³/mol. The van der Waals surface area contributed by atoms with Crippen molar-refractivity contribution >= 4 is 23.5 Å². The van der Waals surface area contributed by atoms with Gasteiger partial charge in [-0.2, -0.15) is 0 Å². The zero-order valence-electron chi connectivity index (χ0n) is 16.6. The molecule has 1 atom stereocenters. The monoisotopic (exact) mass is 419 g/mol. The second-order valence-electron chi connectivity index (χ2n) is 7.03. The number of furan rings is 1. The van der Waals surface area contributed by atoms with E-state index in [1.807, 2.05) is 30.3 Å². The maximum Gasteiger partial charge on any atom is 0.325 e. The van der Waals surface area contributed by atoms with Crippen LogP contribution in [0.15, 0.2) is 77.4 Å². The Bertz CT molecular complexity index is 1050. The van der Waals surface area contributed by atoms with E-state index in [2.05, 4.69) is 10.6 Å². The second kappa shape index (κ2) is 9.17. The number of imide groups is 1. The van der Waals surface area contributed by atoms with Gasteiger partial charge in [-0.05, 0) is 55.0 Å². The van der Waals surface area contributed by atoms with Crippen molar-refractivity contribution in [3.05, 3.63) is 78.8 Å². The first kappa shape index (κ1) is 20.2. The highest BCUT2D eigenvalue weighted by Crippen LogP contribution is 2.23. The lowest BCUT2D eigenvalue weighted by atomic mass is 10.1. The molecule has 1 aliphatic heterocycles. The number of amides is 4. The molecule has 1 aliphatic rings. The van der Waals surface area contributed by atoms with Crippen LogP contribution < -0.4 is 15.4 Å². The van der Waals surface area contributed by atoms with Gasteiger partial charge in [0.15, 0.2) is 0 Å². The molecule has 31 heavy (non-hydrogen) atoms. The molecule has 0 saturated carbocycles. The summed E-state index contributed by atoms with van der Waals surface area (Å²) in [6.45, 7) is 0.0672. The maximum absolute atomic E-state index is 12.5. The molecule has 8 nitrogen and oxygen atoms in total. The SMILES string of the molecule is O=C(CC[C@H]1NC(=O)N(Cc2ccco2)C1=O)Nc1ccc(Oc2ccccc2)cc1. The summed E-state index contributed by atoms with van der Waals surface area (Å²) in [4.78, 5) is 37.9. The zero-order chi connectivity index (χ0) is 21.6. The van der Waals surface area contributed by atoms with Crippen LogP contribution >= 0.6 is 0 Å². The van der Waals surface area contributed by atoms with E-state index < -0.39 is 12.1 Å². The molecule has 1 fully saturated rings. The van der Waals surface area contributed by atoms with Gasteiger partial charge in [0.25, 0.3) is 5.91 Å². The Balaban J connectivity index is 1.25. The summed E-state index contributed by atoms with van der Waals surface area (Å²) >= 11 is 0. The van der Waals surface area contributed by atoms with E-state index in [1.54, 1.807) is 36.4 Å². The van der Waals surface area contributed by atoms with Crippen molar-refractivity contribution in [2.75, 3.05) is 5.32 Å². The Kier molecular flexibility index (Phi) is 5.98. The van der Waals surface area contributed by atoms with Gasteiger partial charge in [0.05, 0.1) is 12.8 Å². The molecule has 0 radical (unpaired) electrons. The zero-order valence-corrected chi connectivity index (χ0v) is 16.6. The number of anilines is 1. The topological polar surface area (TPSA) is 101 Å². The lowest BCUT2D eigenvalue weighted by Crippen LogP contribution is -2.31. The first-order valence-electron chi connectivity index (χ1n) is 9.85. The minimum atomic E-state index is -0.727. The number of carbonyl (C=O) groups is 3. The van der Waals surface area contributed by atoms with E-state index in [1.165, 1.54) is 6.26 Å². The number of benzene rings is 2. The molecule has 4 rings (SSSR count). The lowest BCUT2D eigenvalue weighted by Gasteiger charge is -2.11. The van der Waals surface area contributed by atoms with Crippen molar-refractivity contribution in [3.63, 3.8) is 0 Å². The van der Waals surface area contributed by atoms with Crippen molar-refractivity contribution in [2.24, 2.45) is 0 Å². The molecule has 0 spiro atoms. The fourth-order valence-electron chi connectivity index (χ4n) is 3.21. The Morgan fingerprint density at radius 2 is 1.74 bits per heavy atom. The van der Waals surface area contributed by atoms with Crippen molar-refractivity contribution in [2.45, 2.75) is 25.4 Å². The smallest absolute Gasteiger partial charge is 0.325 e. The largest absolute Gasteiger partial charge is 0.467 e. The van der Waals surface area contributed by atoms with Crippen LogP contribution in [0.4, 0.5) is 10.5 Å². The van der Waals surface area contributed by atoms with E-state index in [0.717, 1.165) is 10.6 Å². The number of hydrogen-bond acceptors (Lipinski definition) is 5. The summed E-state index contributed by atoms with van der Waals surface area (Å²) in [5, 5.41) is 5.40. The number of para-hydroxylation sites is 1. The van der Waals surface area contributed by atoms with Crippen molar-refractivity contribution in [1.29, 1.82) is 0 Å². The summed E-state index contributed by atoms with van der Waals surface area (Å²) in [6, 6.07) is 18.6. The molecule has 2 aromatic carbocycles. The number of nitrogens with zero attached hydrogens (tertiary/aromatic N) is 1. The summed E-state index contributed by atoms with van der Waals surface area (Å²) in [5.41, 5.74) is 0.617. The maximum atomic E-state index is 12.5. The number of urea groups is 1. The summed E-state index contributed by atoms with van der Waals surface area (Å²) in [6.07, 6.45) is 1.78. The van der Waals surface area contributed by atoms with E-state index in [-0.39, 0.29) is 31.2 Å². The molecule has 0 unspecified atom stereocenters.